The van der Waals surface area contributed by atoms with Crippen LogP contribution in [-0.2, 0) is 4.12 Å². The second-order valence-electron chi connectivity index (χ2n) is 11.2. The largest absolute Gasteiger partial charge is 0.442 e. The van der Waals surface area contributed by atoms with Crippen molar-refractivity contribution in [2.45, 2.75) is 13.1 Å². The number of rotatable bonds is 9. The van der Waals surface area contributed by atoms with Crippen LogP contribution < -0.4 is 15.6 Å². The molecule has 6 aromatic carbocycles. The second kappa shape index (κ2) is 12.8. The topological polar surface area (TPSA) is 9.23 Å². The molecule has 0 atom stereocenters. The molecule has 210 valence electrons. The van der Waals surface area contributed by atoms with Crippen molar-refractivity contribution in [1.29, 1.82) is 0 Å². The van der Waals surface area contributed by atoms with Crippen molar-refractivity contribution in [3.63, 3.8) is 0 Å². The summed E-state index contributed by atoms with van der Waals surface area (Å²) >= 11 is 0. The Hall–Kier alpha value is -4.55. The number of hydrogen-bond donors (Lipinski definition) is 0. The SMILES string of the molecule is C[Si](C)(O[Si](c1ccccc1)(c1ccccc1)c1ccccc1)C(=C(c1ccccc1)c1ccccc1)c1ccccc1. The molecule has 0 aliphatic heterocycles. The van der Waals surface area contributed by atoms with Crippen LogP contribution in [0.3, 0.4) is 0 Å². The van der Waals surface area contributed by atoms with E-state index in [1.165, 1.54) is 43.0 Å². The van der Waals surface area contributed by atoms with Gasteiger partial charge in [-0.2, -0.15) is 0 Å². The van der Waals surface area contributed by atoms with Gasteiger partial charge in [-0.15, -0.1) is 0 Å². The molecule has 43 heavy (non-hydrogen) atoms. The minimum absolute atomic E-state index is 1.20. The average Bonchev–Trinajstić information content (AvgIpc) is 3.08. The molecule has 0 spiro atoms. The fourth-order valence-electron chi connectivity index (χ4n) is 6.19. The minimum Gasteiger partial charge on any atom is -0.442 e. The van der Waals surface area contributed by atoms with Gasteiger partial charge in [0.1, 0.15) is 0 Å². The smallest absolute Gasteiger partial charge is 0.278 e. The summed E-state index contributed by atoms with van der Waals surface area (Å²) in [7, 11) is -5.72. The third-order valence-electron chi connectivity index (χ3n) is 7.99. The molecule has 0 heterocycles. The van der Waals surface area contributed by atoms with E-state index in [1.807, 2.05) is 0 Å². The number of hydrogen-bond acceptors (Lipinski definition) is 1. The molecular formula is C40H36OSi2. The molecular weight excluding hydrogens is 553 g/mol. The highest BCUT2D eigenvalue weighted by Crippen LogP contribution is 2.39. The Balaban J connectivity index is 1.69. The first-order valence-electron chi connectivity index (χ1n) is 14.9. The van der Waals surface area contributed by atoms with Gasteiger partial charge in [-0.25, -0.2) is 0 Å². The summed E-state index contributed by atoms with van der Waals surface area (Å²) in [5.74, 6) is 0. The van der Waals surface area contributed by atoms with Gasteiger partial charge < -0.3 is 4.12 Å². The van der Waals surface area contributed by atoms with Crippen LogP contribution in [0.25, 0.3) is 10.8 Å². The summed E-state index contributed by atoms with van der Waals surface area (Å²) in [5, 5.41) is 5.05. The van der Waals surface area contributed by atoms with E-state index < -0.39 is 16.6 Å². The van der Waals surface area contributed by atoms with Crippen molar-refractivity contribution >= 4 is 43.0 Å². The summed E-state index contributed by atoms with van der Waals surface area (Å²) in [6, 6.07) is 65.2. The summed E-state index contributed by atoms with van der Waals surface area (Å²) in [5.41, 5.74) is 4.84. The van der Waals surface area contributed by atoms with Gasteiger partial charge in [0.2, 0.25) is 8.32 Å². The van der Waals surface area contributed by atoms with Crippen molar-refractivity contribution < 1.29 is 4.12 Å². The molecule has 0 N–H and O–H groups in total. The Labute approximate surface area is 258 Å². The molecule has 0 fully saturated rings. The fourth-order valence-corrected chi connectivity index (χ4v) is 15.8. The van der Waals surface area contributed by atoms with Gasteiger partial charge in [-0.1, -0.05) is 182 Å². The first-order chi connectivity index (χ1) is 21.1. The van der Waals surface area contributed by atoms with Gasteiger partial charge in [-0.05, 0) is 56.1 Å². The lowest BCUT2D eigenvalue weighted by Crippen LogP contribution is -2.72. The van der Waals surface area contributed by atoms with Gasteiger partial charge >= 0.3 is 0 Å². The van der Waals surface area contributed by atoms with Gasteiger partial charge in [-0.3, -0.25) is 0 Å². The number of benzene rings is 6. The van der Waals surface area contributed by atoms with E-state index in [0.29, 0.717) is 0 Å². The van der Waals surface area contributed by atoms with E-state index in [9.17, 15) is 0 Å². The highest BCUT2D eigenvalue weighted by atomic mass is 28.4. The maximum Gasteiger partial charge on any atom is 0.278 e. The zero-order valence-electron chi connectivity index (χ0n) is 24.7. The first-order valence-corrected chi connectivity index (χ1v) is 19.7. The van der Waals surface area contributed by atoms with Gasteiger partial charge in [0.25, 0.3) is 8.32 Å². The highest BCUT2D eigenvalue weighted by molar-refractivity contribution is 7.13. The van der Waals surface area contributed by atoms with E-state index >= 15 is 0 Å². The predicted molar refractivity (Wildman–Crippen MR) is 188 cm³/mol. The molecule has 0 aromatic heterocycles. The fraction of sp³-hybridized carbons (Fsp3) is 0.0500. The van der Waals surface area contributed by atoms with Gasteiger partial charge in [0.05, 0.1) is 0 Å². The maximum absolute atomic E-state index is 8.04. The summed E-state index contributed by atoms with van der Waals surface area (Å²) < 4.78 is 8.04. The molecule has 0 bridgehead atoms. The third-order valence-corrected chi connectivity index (χ3v) is 16.4. The van der Waals surface area contributed by atoms with Crippen molar-refractivity contribution in [2.24, 2.45) is 0 Å². The normalized spacial score (nSPS) is 11.6. The molecule has 0 radical (unpaired) electrons. The molecule has 0 aliphatic rings. The second-order valence-corrected chi connectivity index (χ2v) is 18.7. The molecule has 6 aromatic rings. The molecule has 0 saturated heterocycles. The Morgan fingerprint density at radius 1 is 0.372 bits per heavy atom. The zero-order valence-corrected chi connectivity index (χ0v) is 26.7. The van der Waals surface area contributed by atoms with Gasteiger partial charge in [0, 0.05) is 0 Å². The first kappa shape index (κ1) is 28.6. The average molecular weight is 589 g/mol. The molecule has 0 saturated carbocycles. The lowest BCUT2D eigenvalue weighted by atomic mass is 9.95. The lowest BCUT2D eigenvalue weighted by molar-refractivity contribution is 0.588. The Bertz CT molecular complexity index is 1630. The minimum atomic E-state index is -2.98. The van der Waals surface area contributed by atoms with Crippen LogP contribution in [0.5, 0.6) is 0 Å². The van der Waals surface area contributed by atoms with E-state index in [2.05, 4.69) is 195 Å². The molecule has 3 heteroatoms. The Morgan fingerprint density at radius 2 is 0.651 bits per heavy atom. The van der Waals surface area contributed by atoms with Crippen molar-refractivity contribution in [1.82, 2.24) is 0 Å². The van der Waals surface area contributed by atoms with E-state index in [0.717, 1.165) is 0 Å². The highest BCUT2D eigenvalue weighted by Gasteiger charge is 2.48. The van der Waals surface area contributed by atoms with E-state index in [-0.39, 0.29) is 0 Å². The Morgan fingerprint density at radius 3 is 0.977 bits per heavy atom. The van der Waals surface area contributed by atoms with Crippen molar-refractivity contribution in [3.05, 3.63) is 199 Å². The van der Waals surface area contributed by atoms with Crippen LogP contribution in [0, 0.1) is 0 Å². The van der Waals surface area contributed by atoms with Crippen LogP contribution in [0.15, 0.2) is 182 Å². The van der Waals surface area contributed by atoms with Crippen LogP contribution in [-0.4, -0.2) is 16.6 Å². The molecule has 1 nitrogen and oxygen atoms in total. The molecule has 0 unspecified atom stereocenters. The quantitative estimate of drug-likeness (QED) is 0.0943. The van der Waals surface area contributed by atoms with Crippen LogP contribution >= 0.6 is 0 Å². The summed E-state index contributed by atoms with van der Waals surface area (Å²) in [6.07, 6.45) is 0. The predicted octanol–water partition coefficient (Wildman–Crippen LogP) is 8.07. The van der Waals surface area contributed by atoms with Crippen LogP contribution in [0.2, 0.25) is 13.1 Å². The monoisotopic (exact) mass is 588 g/mol. The summed E-state index contributed by atoms with van der Waals surface area (Å²) in [6.45, 7) is 4.77. The van der Waals surface area contributed by atoms with Crippen molar-refractivity contribution in [2.75, 3.05) is 0 Å². The van der Waals surface area contributed by atoms with Crippen LogP contribution in [0.4, 0.5) is 0 Å². The van der Waals surface area contributed by atoms with Crippen molar-refractivity contribution in [3.8, 4) is 0 Å². The zero-order chi connectivity index (χ0) is 29.5. The lowest BCUT2D eigenvalue weighted by Gasteiger charge is -2.42. The standard InChI is InChI=1S/C40H36OSi2/c1-42(2,40(35-25-13-5-14-26-35)39(33-21-9-3-10-22-33)34-23-11-4-12-24-34)41-43(36-27-15-6-16-28-36,37-29-17-7-18-30-37)38-31-19-8-20-32-38/h3-32H,1-2H3. The Kier molecular flexibility index (Phi) is 8.48. The molecule has 6 rings (SSSR count). The molecule has 0 aliphatic carbocycles. The summed E-state index contributed by atoms with van der Waals surface area (Å²) in [4.78, 5) is 0. The van der Waals surface area contributed by atoms with Gasteiger partial charge in [0.15, 0.2) is 0 Å². The maximum atomic E-state index is 8.04. The van der Waals surface area contributed by atoms with E-state index in [4.69, 9.17) is 4.12 Å². The van der Waals surface area contributed by atoms with Crippen LogP contribution in [0.1, 0.15) is 16.7 Å². The van der Waals surface area contributed by atoms with E-state index in [1.54, 1.807) is 0 Å². The molecule has 0 amide bonds. The third kappa shape index (κ3) is 5.88.